The first kappa shape index (κ1) is 70.6. The molecule has 24 aromatic rings. The van der Waals surface area contributed by atoms with E-state index in [1.165, 1.54) is 36.9 Å². The van der Waals surface area contributed by atoms with Crippen molar-refractivity contribution in [3.63, 3.8) is 0 Å². The van der Waals surface area contributed by atoms with Gasteiger partial charge in [-0.15, -0.1) is 11.3 Å². The Kier molecular flexibility index (Phi) is 17.8. The Morgan fingerprint density at radius 2 is 0.500 bits per heavy atom. The van der Waals surface area contributed by atoms with E-state index in [1.54, 1.807) is 0 Å². The highest BCUT2D eigenvalue weighted by Gasteiger charge is 2.22. The van der Waals surface area contributed by atoms with Crippen LogP contribution >= 0.6 is 11.3 Å². The Morgan fingerprint density at radius 3 is 0.975 bits per heavy atom. The number of thiophene rings is 1. The second-order valence-electron chi connectivity index (χ2n) is 29.6. The van der Waals surface area contributed by atoms with Gasteiger partial charge in [-0.25, -0.2) is 29.9 Å². The van der Waals surface area contributed by atoms with Gasteiger partial charge in [0.2, 0.25) is 0 Å². The fourth-order valence-electron chi connectivity index (χ4n) is 15.9. The van der Waals surface area contributed by atoms with Crippen LogP contribution in [-0.2, 0) is 0 Å². The molecule has 24 rings (SSSR count). The topological polar surface area (TPSA) is 143 Å². The number of hydrogen-bond acceptors (Lipinski definition) is 12. The van der Waals surface area contributed by atoms with Crippen LogP contribution in [0.4, 0.5) is 0 Å². The summed E-state index contributed by atoms with van der Waals surface area (Å²) in [4.78, 5) is 30.1. The summed E-state index contributed by atoms with van der Waals surface area (Å²) in [6.45, 7) is 0. The van der Waals surface area contributed by atoms with E-state index < -0.39 is 0 Å². The molecule has 0 N–H and O–H groups in total. The Labute approximate surface area is 691 Å². The Hall–Kier alpha value is -16.0. The van der Waals surface area contributed by atoms with E-state index in [1.807, 2.05) is 181 Å². The van der Waals surface area contributed by atoms with E-state index in [4.69, 9.17) is 52.0 Å². The van der Waals surface area contributed by atoms with Gasteiger partial charge < -0.3 is 22.1 Å². The van der Waals surface area contributed by atoms with E-state index in [2.05, 4.69) is 231 Å². The van der Waals surface area contributed by atoms with Gasteiger partial charge in [0, 0.05) is 91.3 Å². The van der Waals surface area contributed by atoms with Crippen molar-refractivity contribution in [2.24, 2.45) is 0 Å². The number of benzene rings is 15. The maximum absolute atomic E-state index is 6.36. The summed E-state index contributed by atoms with van der Waals surface area (Å²) in [6.07, 6.45) is 0. The van der Waals surface area contributed by atoms with Gasteiger partial charge in [0.25, 0.3) is 0 Å². The molecule has 0 fully saturated rings. The first-order chi connectivity index (χ1) is 59.4. The molecule has 0 bridgehead atoms. The molecule has 0 amide bonds. The van der Waals surface area contributed by atoms with E-state index in [0.29, 0.717) is 29.0 Å². The third-order valence-corrected chi connectivity index (χ3v) is 23.1. The third-order valence-electron chi connectivity index (χ3n) is 22.0. The molecule has 12 heteroatoms. The van der Waals surface area contributed by atoms with Crippen molar-refractivity contribution in [1.29, 1.82) is 0 Å². The predicted molar refractivity (Wildman–Crippen MR) is 488 cm³/mol. The maximum Gasteiger partial charge on any atom is 0.160 e. The van der Waals surface area contributed by atoms with Gasteiger partial charge in [-0.3, -0.25) is 0 Å². The molecular formula is C108H66N6O5S. The number of nitrogens with zero attached hydrogens (tertiary/aromatic N) is 6. The van der Waals surface area contributed by atoms with Crippen molar-refractivity contribution in [3.8, 4) is 136 Å². The fourth-order valence-corrected chi connectivity index (χ4v) is 17.0. The lowest BCUT2D eigenvalue weighted by atomic mass is 10.0. The largest absolute Gasteiger partial charge is 0.456 e. The Balaban J connectivity index is 0.000000108. The lowest BCUT2D eigenvalue weighted by Gasteiger charge is -2.09. The highest BCUT2D eigenvalue weighted by molar-refractivity contribution is 7.25. The second-order valence-corrected chi connectivity index (χ2v) is 30.6. The minimum absolute atomic E-state index is 0.626. The average molecular weight is 1560 g/mol. The highest BCUT2D eigenvalue weighted by atomic mass is 32.1. The van der Waals surface area contributed by atoms with Crippen LogP contribution in [0, 0.1) is 0 Å². The summed E-state index contributed by atoms with van der Waals surface area (Å²) in [7, 11) is 0. The zero-order valence-electron chi connectivity index (χ0n) is 64.2. The Morgan fingerprint density at radius 1 is 0.175 bits per heavy atom. The van der Waals surface area contributed by atoms with Crippen LogP contribution < -0.4 is 0 Å². The van der Waals surface area contributed by atoms with E-state index in [9.17, 15) is 0 Å². The van der Waals surface area contributed by atoms with Crippen molar-refractivity contribution in [2.45, 2.75) is 0 Å². The monoisotopic (exact) mass is 1560 g/mol. The van der Waals surface area contributed by atoms with Gasteiger partial charge in [-0.05, 0) is 143 Å². The lowest BCUT2D eigenvalue weighted by Crippen LogP contribution is -1.95. The number of fused-ring (bicyclic) bond motifs is 12. The van der Waals surface area contributed by atoms with Crippen LogP contribution in [0.1, 0.15) is 0 Å². The quantitative estimate of drug-likeness (QED) is 0.115. The normalized spacial score (nSPS) is 11.5. The van der Waals surface area contributed by atoms with Crippen molar-refractivity contribution in [2.75, 3.05) is 0 Å². The molecule has 9 aromatic heterocycles. The van der Waals surface area contributed by atoms with Crippen LogP contribution in [0.5, 0.6) is 0 Å². The van der Waals surface area contributed by atoms with Crippen LogP contribution in [0.3, 0.4) is 0 Å². The zero-order chi connectivity index (χ0) is 79.4. The molecule has 0 spiro atoms. The van der Waals surface area contributed by atoms with Crippen LogP contribution in [0.25, 0.3) is 233 Å². The number of rotatable bonds is 12. The van der Waals surface area contributed by atoms with Crippen LogP contribution in [-0.4, -0.2) is 29.9 Å². The van der Waals surface area contributed by atoms with Gasteiger partial charge in [-0.1, -0.05) is 291 Å². The smallest absolute Gasteiger partial charge is 0.160 e. The summed E-state index contributed by atoms with van der Waals surface area (Å²) >= 11 is 1.82. The van der Waals surface area contributed by atoms with Gasteiger partial charge >= 0.3 is 0 Å². The van der Waals surface area contributed by atoms with Gasteiger partial charge in [0.1, 0.15) is 56.2 Å². The molecule has 15 aromatic carbocycles. The summed E-state index contributed by atoms with van der Waals surface area (Å²) in [5.74, 6) is 4.08. The molecule has 0 atom stereocenters. The standard InChI is InChI=1S/2C36H22N2O2.C36H22N2OS/c1-2-9-23(10-3-1)24-17-19-25(20-18-24)36-37-30(22-31(38-36)34-21-26-11-4-6-15-32(26)39-34)29-14-8-13-28-27-12-5-7-16-33(27)40-35(28)29;1-2-8-23(9-3-1)24-14-16-25(17-15-24)36-37-30(22-31(38-36)35-21-27-10-4-6-12-32(27)39-35)26-18-19-34-29(20-26)28-11-5-7-13-33(28)40-34;1-2-8-23(9-3-1)24-14-16-25(17-15-24)36-37-30(22-31(38-36)33-21-27-10-4-6-12-32(27)39-33)26-18-19-35-29(20-26)28-11-5-7-13-34(28)40-35/h3*1-22H. The van der Waals surface area contributed by atoms with E-state index in [0.717, 1.165) is 167 Å². The summed E-state index contributed by atoms with van der Waals surface area (Å²) < 4.78 is 33.7. The molecule has 0 aliphatic carbocycles. The summed E-state index contributed by atoms with van der Waals surface area (Å²) in [5, 5.41) is 9.94. The van der Waals surface area contributed by atoms with Gasteiger partial charge in [0.05, 0.1) is 17.1 Å². The minimum Gasteiger partial charge on any atom is -0.456 e. The van der Waals surface area contributed by atoms with Crippen molar-refractivity contribution in [3.05, 3.63) is 400 Å². The van der Waals surface area contributed by atoms with Crippen molar-refractivity contribution in [1.82, 2.24) is 29.9 Å². The first-order valence-corrected chi connectivity index (χ1v) is 40.5. The number of hydrogen-bond donors (Lipinski definition) is 0. The Bertz CT molecular complexity index is 7540. The first-order valence-electron chi connectivity index (χ1n) is 39.7. The third kappa shape index (κ3) is 13.7. The highest BCUT2D eigenvalue weighted by Crippen LogP contribution is 2.43. The summed E-state index contributed by atoms with van der Waals surface area (Å²) in [6, 6.07) is 136. The van der Waals surface area contributed by atoms with Crippen molar-refractivity contribution < 1.29 is 22.1 Å². The number of para-hydroxylation sites is 6. The molecule has 0 saturated carbocycles. The second kappa shape index (κ2) is 30.3. The van der Waals surface area contributed by atoms with Gasteiger partial charge in [0.15, 0.2) is 34.8 Å². The van der Waals surface area contributed by atoms with E-state index >= 15 is 0 Å². The molecule has 0 saturated heterocycles. The molecule has 564 valence electrons. The molecule has 0 radical (unpaired) electrons. The van der Waals surface area contributed by atoms with Gasteiger partial charge in [-0.2, -0.15) is 0 Å². The molecular weight excluding hydrogens is 1490 g/mol. The average Bonchev–Trinajstić information content (AvgIpc) is 1.59. The molecule has 0 aliphatic heterocycles. The molecule has 9 heterocycles. The SMILES string of the molecule is c1ccc(-c2ccc(-c3nc(-c4cc5ccccc5o4)cc(-c4cccc5c4oc4ccccc45)n3)cc2)cc1.c1ccc(-c2ccc(-c3nc(-c4ccc5oc6ccccc6c5c4)cc(-c4cc5ccccc5o4)n3)cc2)cc1.c1ccc(-c2ccc(-c3nc(-c4ccc5sc6ccccc6c5c4)cc(-c4cc5ccccc5o4)n3)cc2)cc1. The predicted octanol–water partition coefficient (Wildman–Crippen LogP) is 29.8. The molecule has 120 heavy (non-hydrogen) atoms. The fraction of sp³-hybridized carbons (Fsp3) is 0. The number of aromatic nitrogens is 6. The maximum atomic E-state index is 6.36. The number of furan rings is 5. The molecule has 0 aliphatic rings. The lowest BCUT2D eigenvalue weighted by molar-refractivity contribution is 0.628. The minimum atomic E-state index is 0.626. The molecule has 11 nitrogen and oxygen atoms in total. The van der Waals surface area contributed by atoms with E-state index in [-0.39, 0.29) is 0 Å². The summed E-state index contributed by atoms with van der Waals surface area (Å²) in [5.41, 5.74) is 23.3. The zero-order valence-corrected chi connectivity index (χ0v) is 65.1. The van der Waals surface area contributed by atoms with Crippen LogP contribution in [0.2, 0.25) is 0 Å². The molecule has 0 unspecified atom stereocenters. The van der Waals surface area contributed by atoms with Crippen molar-refractivity contribution >= 4 is 108 Å². The van der Waals surface area contributed by atoms with Crippen LogP contribution in [0.15, 0.2) is 422 Å².